The fourth-order valence-electron chi connectivity index (χ4n) is 12.9. The van der Waals surface area contributed by atoms with Crippen molar-refractivity contribution < 1.29 is 19.1 Å². The Morgan fingerprint density at radius 1 is 0.804 bits per heavy atom. The SMILES string of the molecule is C=C(C)[C@@H]1CC[C@]2(COC(=O)n3ccnc3)CC[C@]3(C)[C@H](CC[C@@H]4[C@@]5(C)CC[C@H](OC(=O)n6ccnc6)C(C)(C)[C@@H]5CC[C@]43C)[C@@H]12. The Bertz CT molecular complexity index is 1480. The van der Waals surface area contributed by atoms with Crippen molar-refractivity contribution in [3.8, 4) is 0 Å². The topological polar surface area (TPSA) is 88.2 Å². The van der Waals surface area contributed by atoms with E-state index in [2.05, 4.69) is 58.1 Å². The predicted molar refractivity (Wildman–Crippen MR) is 176 cm³/mol. The summed E-state index contributed by atoms with van der Waals surface area (Å²) in [7, 11) is 0. The minimum Gasteiger partial charge on any atom is -0.448 e. The largest absolute Gasteiger partial charge is 0.448 e. The molecule has 0 N–H and O–H groups in total. The van der Waals surface area contributed by atoms with Gasteiger partial charge in [0.1, 0.15) is 18.8 Å². The zero-order chi connectivity index (χ0) is 32.7. The van der Waals surface area contributed by atoms with E-state index < -0.39 is 0 Å². The van der Waals surface area contributed by atoms with Gasteiger partial charge >= 0.3 is 12.2 Å². The smallest absolute Gasteiger partial charge is 0.419 e. The number of nitrogens with zero attached hydrogens (tertiary/aromatic N) is 4. The van der Waals surface area contributed by atoms with Crippen molar-refractivity contribution in [2.45, 2.75) is 112 Å². The van der Waals surface area contributed by atoms with Crippen molar-refractivity contribution >= 4 is 12.2 Å². The van der Waals surface area contributed by atoms with Gasteiger partial charge in [0.05, 0.1) is 6.61 Å². The summed E-state index contributed by atoms with van der Waals surface area (Å²) in [6, 6.07) is 0. The third-order valence-electron chi connectivity index (χ3n) is 15.3. The molecule has 0 radical (unpaired) electrons. The molecule has 7 rings (SSSR count). The van der Waals surface area contributed by atoms with Crippen LogP contribution in [0.4, 0.5) is 9.59 Å². The second kappa shape index (κ2) is 10.8. The Balaban J connectivity index is 1.15. The molecular weight excluding hydrogens is 576 g/mol. The second-order valence-corrected chi connectivity index (χ2v) is 17.3. The van der Waals surface area contributed by atoms with Gasteiger partial charge < -0.3 is 9.47 Å². The highest BCUT2D eigenvalue weighted by molar-refractivity contribution is 5.70. The predicted octanol–water partition coefficient (Wildman–Crippen LogP) is 8.78. The number of imidazole rings is 2. The maximum Gasteiger partial charge on any atom is 0.419 e. The minimum absolute atomic E-state index is 0.00744. The van der Waals surface area contributed by atoms with Crippen LogP contribution in [-0.2, 0) is 9.47 Å². The van der Waals surface area contributed by atoms with Crippen LogP contribution >= 0.6 is 0 Å². The van der Waals surface area contributed by atoms with Crippen LogP contribution in [0.5, 0.6) is 0 Å². The van der Waals surface area contributed by atoms with Crippen molar-refractivity contribution in [3.05, 3.63) is 49.6 Å². The molecule has 2 aromatic rings. The van der Waals surface area contributed by atoms with Crippen molar-refractivity contribution in [3.63, 3.8) is 0 Å². The number of carbonyl (C=O) groups is 2. The number of allylic oxidation sites excluding steroid dienone is 1. The molecule has 5 aliphatic carbocycles. The van der Waals surface area contributed by atoms with Crippen LogP contribution in [0.2, 0.25) is 0 Å². The molecule has 0 spiro atoms. The summed E-state index contributed by atoms with van der Waals surface area (Å²) in [4.78, 5) is 34.0. The maximum atomic E-state index is 13.0. The first-order valence-electron chi connectivity index (χ1n) is 17.8. The van der Waals surface area contributed by atoms with Crippen LogP contribution in [-0.4, -0.2) is 44.0 Å². The normalized spacial score (nSPS) is 42.6. The molecule has 5 aliphatic rings. The fourth-order valence-corrected chi connectivity index (χ4v) is 12.9. The molecule has 46 heavy (non-hydrogen) atoms. The summed E-state index contributed by atoms with van der Waals surface area (Å²) in [6.45, 7) is 19.8. The van der Waals surface area contributed by atoms with Gasteiger partial charge in [-0.05, 0) is 117 Å². The molecule has 8 nitrogen and oxygen atoms in total. The van der Waals surface area contributed by atoms with E-state index in [0.29, 0.717) is 36.2 Å². The van der Waals surface area contributed by atoms with Crippen LogP contribution < -0.4 is 0 Å². The van der Waals surface area contributed by atoms with Crippen molar-refractivity contribution in [1.82, 2.24) is 19.1 Å². The zero-order valence-corrected chi connectivity index (χ0v) is 28.8. The first-order valence-corrected chi connectivity index (χ1v) is 17.8. The van der Waals surface area contributed by atoms with Gasteiger partial charge in [0, 0.05) is 35.6 Å². The summed E-state index contributed by atoms with van der Waals surface area (Å²) in [5.41, 5.74) is 1.82. The molecule has 10 atom stereocenters. The lowest BCUT2D eigenvalue weighted by Crippen LogP contribution is -2.67. The summed E-state index contributed by atoms with van der Waals surface area (Å²) < 4.78 is 15.2. The van der Waals surface area contributed by atoms with Gasteiger partial charge in [0.15, 0.2) is 0 Å². The molecule has 8 heteroatoms. The van der Waals surface area contributed by atoms with E-state index in [1.165, 1.54) is 59.5 Å². The van der Waals surface area contributed by atoms with Crippen molar-refractivity contribution in [1.29, 1.82) is 0 Å². The van der Waals surface area contributed by atoms with Gasteiger partial charge in [-0.3, -0.25) is 0 Å². The molecular formula is C38H54N4O4. The average Bonchev–Trinajstić information content (AvgIpc) is 3.80. The highest BCUT2D eigenvalue weighted by Gasteiger charge is 2.71. The highest BCUT2D eigenvalue weighted by atomic mass is 16.6. The van der Waals surface area contributed by atoms with E-state index in [1.807, 2.05) is 0 Å². The van der Waals surface area contributed by atoms with Gasteiger partial charge in [-0.2, -0.15) is 0 Å². The van der Waals surface area contributed by atoms with E-state index >= 15 is 0 Å². The molecule has 0 saturated heterocycles. The standard InChI is InChI=1S/C38H54N4O4/c1-25(2)26-10-15-38(22-45-32(43)41-20-18-39-23-41)17-16-36(6)27(31(26)38)8-9-29-35(5)13-12-30(46-33(44)42-21-19-40-24-42)34(3,4)28(35)11-14-37(29,36)7/h18-21,23-24,26-31H,1,8-17,22H2,2-7H3/t26-,27+,28-,29+,30-,31+,35-,36+,37+,38+/m0/s1. The van der Waals surface area contributed by atoms with Gasteiger partial charge in [0.2, 0.25) is 0 Å². The third-order valence-corrected chi connectivity index (χ3v) is 15.3. The average molecular weight is 631 g/mol. The number of carbonyl (C=O) groups excluding carboxylic acids is 2. The van der Waals surface area contributed by atoms with Gasteiger partial charge in [0.25, 0.3) is 0 Å². The maximum absolute atomic E-state index is 13.0. The molecule has 2 aromatic heterocycles. The lowest BCUT2D eigenvalue weighted by atomic mass is 9.32. The quantitative estimate of drug-likeness (QED) is 0.314. The van der Waals surface area contributed by atoms with Gasteiger partial charge in [-0.1, -0.05) is 46.8 Å². The second-order valence-electron chi connectivity index (χ2n) is 17.3. The first-order chi connectivity index (χ1) is 21.8. The Kier molecular flexibility index (Phi) is 7.45. The Labute approximate surface area is 274 Å². The van der Waals surface area contributed by atoms with E-state index in [-0.39, 0.29) is 45.4 Å². The van der Waals surface area contributed by atoms with Crippen LogP contribution in [0.25, 0.3) is 0 Å². The number of aromatic nitrogens is 4. The summed E-state index contributed by atoms with van der Waals surface area (Å²) >= 11 is 0. The molecule has 0 amide bonds. The van der Waals surface area contributed by atoms with Gasteiger partial charge in [-0.25, -0.2) is 28.7 Å². The van der Waals surface area contributed by atoms with E-state index in [0.717, 1.165) is 32.1 Å². The van der Waals surface area contributed by atoms with Gasteiger partial charge in [-0.15, -0.1) is 0 Å². The summed E-state index contributed by atoms with van der Waals surface area (Å²) in [5, 5.41) is 0. The zero-order valence-electron chi connectivity index (χ0n) is 28.8. The van der Waals surface area contributed by atoms with Crippen LogP contribution in [0, 0.1) is 56.7 Å². The van der Waals surface area contributed by atoms with Crippen LogP contribution in [0.15, 0.2) is 49.6 Å². The Morgan fingerprint density at radius 2 is 1.50 bits per heavy atom. The molecule has 0 aromatic carbocycles. The molecule has 250 valence electrons. The van der Waals surface area contributed by atoms with Crippen molar-refractivity contribution in [2.24, 2.45) is 56.7 Å². The lowest BCUT2D eigenvalue weighted by Gasteiger charge is -2.73. The monoisotopic (exact) mass is 630 g/mol. The molecule has 0 bridgehead atoms. The highest BCUT2D eigenvalue weighted by Crippen LogP contribution is 2.77. The number of rotatable bonds is 4. The third kappa shape index (κ3) is 4.43. The van der Waals surface area contributed by atoms with Crippen LogP contribution in [0.1, 0.15) is 106 Å². The number of hydrogen-bond donors (Lipinski definition) is 0. The fraction of sp³-hybridized carbons (Fsp3) is 0.737. The molecule has 5 saturated carbocycles. The number of ether oxygens (including phenoxy) is 2. The summed E-state index contributed by atoms with van der Waals surface area (Å²) in [6.07, 6.45) is 20.2. The van der Waals surface area contributed by atoms with Crippen molar-refractivity contribution in [2.75, 3.05) is 6.61 Å². The van der Waals surface area contributed by atoms with E-state index in [4.69, 9.17) is 9.47 Å². The number of hydrogen-bond acceptors (Lipinski definition) is 6. The minimum atomic E-state index is -0.325. The Morgan fingerprint density at radius 3 is 2.15 bits per heavy atom. The van der Waals surface area contributed by atoms with Crippen LogP contribution in [0.3, 0.4) is 0 Å². The Hall–Kier alpha value is -2.90. The van der Waals surface area contributed by atoms with E-state index in [9.17, 15) is 9.59 Å². The molecule has 2 heterocycles. The molecule has 5 fully saturated rings. The molecule has 0 aliphatic heterocycles. The summed E-state index contributed by atoms with van der Waals surface area (Å²) in [5.74, 6) is 2.66. The molecule has 0 unspecified atom stereocenters. The number of fused-ring (bicyclic) bond motifs is 7. The first kappa shape index (κ1) is 31.7. The van der Waals surface area contributed by atoms with E-state index in [1.54, 1.807) is 24.8 Å². The lowest BCUT2D eigenvalue weighted by molar-refractivity contribution is -0.249.